The minimum absolute atomic E-state index is 0. The van der Waals surface area contributed by atoms with E-state index in [2.05, 4.69) is 15.3 Å². The number of carboxylic acid groups (broad SMARTS) is 1. The number of halogens is 1. The molecule has 0 aliphatic carbocycles. The Morgan fingerprint density at radius 3 is 2.73 bits per heavy atom. The van der Waals surface area contributed by atoms with Gasteiger partial charge in [0.2, 0.25) is 0 Å². The quantitative estimate of drug-likeness (QED) is 0.561. The summed E-state index contributed by atoms with van der Waals surface area (Å²) in [6.45, 7) is 0. The number of aromatic amines is 1. The summed E-state index contributed by atoms with van der Waals surface area (Å²) in [6.07, 6.45) is 3.04. The first kappa shape index (κ1) is 13.2. The number of hydrogen-bond donors (Lipinski definition) is 4. The number of nitrogens with two attached hydrogens (primary N) is 1. The molecule has 1 atom stereocenters. The van der Waals surface area contributed by atoms with Crippen LogP contribution in [0.25, 0.3) is 0 Å². The fourth-order valence-electron chi connectivity index (χ4n) is 0.988. The number of nitrogens with zero attached hydrogens (tertiary/aromatic N) is 1. The number of rotatable bonds is 4. The van der Waals surface area contributed by atoms with Gasteiger partial charge in [-0.1, -0.05) is 0 Å². The molecule has 1 heterocycles. The van der Waals surface area contributed by atoms with Crippen LogP contribution in [-0.2, 0) is 11.2 Å². The first-order valence-corrected chi connectivity index (χ1v) is 3.85. The van der Waals surface area contributed by atoms with E-state index in [1.54, 1.807) is 0 Å². The lowest BCUT2D eigenvalue weighted by Crippen LogP contribution is -2.44. The molecule has 7 nitrogen and oxygen atoms in total. The van der Waals surface area contributed by atoms with Crippen LogP contribution >= 0.6 is 12.4 Å². The van der Waals surface area contributed by atoms with Gasteiger partial charge in [-0.15, -0.1) is 12.4 Å². The molecule has 0 radical (unpaired) electrons. The minimum atomic E-state index is -1.14. The predicted octanol–water partition coefficient (Wildman–Crippen LogP) is -0.505. The zero-order chi connectivity index (χ0) is 10.6. The second kappa shape index (κ2) is 5.86. The van der Waals surface area contributed by atoms with Crippen LogP contribution in [0.4, 0.5) is 4.79 Å². The highest BCUT2D eigenvalue weighted by molar-refractivity contribution is 5.85. The maximum Gasteiger partial charge on any atom is 0.326 e. The second-order valence-corrected chi connectivity index (χ2v) is 2.68. The summed E-state index contributed by atoms with van der Waals surface area (Å²) in [5, 5.41) is 10.8. The number of H-pyrrole nitrogens is 1. The number of carboxylic acids is 1. The first-order chi connectivity index (χ1) is 6.59. The standard InChI is InChI=1S/C7H10N4O3.ClH/c8-7(14)11-5(6(12)13)1-4-2-9-3-10-4;/h2-3,5H,1H2,(H,9,10)(H,12,13)(H3,8,11,14);1H/t5-;/m0./s1. The lowest BCUT2D eigenvalue weighted by molar-refractivity contribution is -0.139. The zero-order valence-electron chi connectivity index (χ0n) is 7.64. The molecule has 0 unspecified atom stereocenters. The first-order valence-electron chi connectivity index (χ1n) is 3.85. The van der Waals surface area contributed by atoms with E-state index >= 15 is 0 Å². The molecule has 1 rings (SSSR count). The third kappa shape index (κ3) is 4.32. The number of carbonyl (C=O) groups excluding carboxylic acids is 1. The topological polar surface area (TPSA) is 121 Å². The number of aliphatic carboxylic acids is 1. The number of amides is 2. The lowest BCUT2D eigenvalue weighted by atomic mass is 10.2. The molecule has 0 saturated heterocycles. The number of nitrogens with one attached hydrogen (secondary N) is 2. The van der Waals surface area contributed by atoms with Crippen molar-refractivity contribution in [2.24, 2.45) is 5.73 Å². The van der Waals surface area contributed by atoms with Gasteiger partial charge < -0.3 is 21.1 Å². The van der Waals surface area contributed by atoms with Gasteiger partial charge in [0.15, 0.2) is 0 Å². The summed E-state index contributed by atoms with van der Waals surface area (Å²) in [4.78, 5) is 27.6. The van der Waals surface area contributed by atoms with E-state index in [1.807, 2.05) is 0 Å². The molecule has 0 aliphatic rings. The fraction of sp³-hybridized carbons (Fsp3) is 0.286. The second-order valence-electron chi connectivity index (χ2n) is 2.68. The highest BCUT2D eigenvalue weighted by Crippen LogP contribution is 1.98. The number of primary amides is 1. The van der Waals surface area contributed by atoms with Crippen LogP contribution in [0.1, 0.15) is 5.69 Å². The number of imidazole rings is 1. The molecule has 2 amide bonds. The molecular formula is C7H11ClN4O3. The SMILES string of the molecule is Cl.NC(=O)N[C@@H](Cc1cnc[nH]1)C(=O)O. The Bertz CT molecular complexity index is 327. The van der Waals surface area contributed by atoms with E-state index in [0.717, 1.165) is 0 Å². The van der Waals surface area contributed by atoms with Gasteiger partial charge in [0.1, 0.15) is 6.04 Å². The number of hydrogen-bond acceptors (Lipinski definition) is 3. The van der Waals surface area contributed by atoms with Crippen molar-refractivity contribution in [1.82, 2.24) is 15.3 Å². The molecule has 5 N–H and O–H groups in total. The summed E-state index contributed by atoms with van der Waals surface area (Å²) in [6, 6.07) is -1.90. The van der Waals surface area contributed by atoms with Gasteiger partial charge in [0.25, 0.3) is 0 Å². The highest BCUT2D eigenvalue weighted by Gasteiger charge is 2.19. The molecule has 0 bridgehead atoms. The average molecular weight is 235 g/mol. The van der Waals surface area contributed by atoms with Crippen LogP contribution in [-0.4, -0.2) is 33.1 Å². The maximum absolute atomic E-state index is 10.7. The largest absolute Gasteiger partial charge is 0.480 e. The predicted molar refractivity (Wildman–Crippen MR) is 53.7 cm³/mol. The van der Waals surface area contributed by atoms with Crippen molar-refractivity contribution in [1.29, 1.82) is 0 Å². The Kier molecular flexibility index (Phi) is 5.18. The van der Waals surface area contributed by atoms with Crippen LogP contribution < -0.4 is 11.1 Å². The Hall–Kier alpha value is -1.76. The summed E-state index contributed by atoms with van der Waals surface area (Å²) < 4.78 is 0. The van der Waals surface area contributed by atoms with Crippen molar-refractivity contribution in [3.63, 3.8) is 0 Å². The van der Waals surface area contributed by atoms with Crippen molar-refractivity contribution in [3.05, 3.63) is 18.2 Å². The normalized spacial score (nSPS) is 11.2. The summed E-state index contributed by atoms with van der Waals surface area (Å²) in [7, 11) is 0. The van der Waals surface area contributed by atoms with Crippen molar-refractivity contribution >= 4 is 24.4 Å². The molecule has 0 saturated carbocycles. The molecule has 8 heteroatoms. The van der Waals surface area contributed by atoms with Gasteiger partial charge in [-0.3, -0.25) is 0 Å². The molecule has 0 aromatic carbocycles. The lowest BCUT2D eigenvalue weighted by Gasteiger charge is -2.10. The number of urea groups is 1. The zero-order valence-corrected chi connectivity index (χ0v) is 8.45. The maximum atomic E-state index is 10.7. The van der Waals surface area contributed by atoms with Gasteiger partial charge in [0.05, 0.1) is 6.33 Å². The number of carbonyl (C=O) groups is 2. The van der Waals surface area contributed by atoms with Gasteiger partial charge in [0, 0.05) is 18.3 Å². The Balaban J connectivity index is 0.00000196. The van der Waals surface area contributed by atoms with Crippen LogP contribution in [0.15, 0.2) is 12.5 Å². The fourth-order valence-corrected chi connectivity index (χ4v) is 0.988. The monoisotopic (exact) mass is 234 g/mol. The molecule has 1 aromatic heterocycles. The van der Waals surface area contributed by atoms with Crippen LogP contribution in [0.3, 0.4) is 0 Å². The van der Waals surface area contributed by atoms with Gasteiger partial charge in [-0.25, -0.2) is 14.6 Å². The van der Waals surface area contributed by atoms with Gasteiger partial charge in [-0.05, 0) is 0 Å². The molecule has 1 aromatic rings. The van der Waals surface area contributed by atoms with Crippen molar-refractivity contribution < 1.29 is 14.7 Å². The Morgan fingerprint density at radius 1 is 1.67 bits per heavy atom. The van der Waals surface area contributed by atoms with Crippen molar-refractivity contribution in [3.8, 4) is 0 Å². The van der Waals surface area contributed by atoms with E-state index in [0.29, 0.717) is 5.69 Å². The smallest absolute Gasteiger partial charge is 0.326 e. The van der Waals surface area contributed by atoms with Crippen molar-refractivity contribution in [2.75, 3.05) is 0 Å². The molecule has 0 aliphatic heterocycles. The summed E-state index contributed by atoms with van der Waals surface area (Å²) >= 11 is 0. The average Bonchev–Trinajstić information content (AvgIpc) is 2.54. The molecule has 84 valence electrons. The van der Waals surface area contributed by atoms with Crippen LogP contribution in [0, 0.1) is 0 Å². The molecule has 0 fully saturated rings. The Morgan fingerprint density at radius 2 is 2.33 bits per heavy atom. The third-order valence-electron chi connectivity index (χ3n) is 1.59. The summed E-state index contributed by atoms with van der Waals surface area (Å²) in [5.74, 6) is -1.14. The summed E-state index contributed by atoms with van der Waals surface area (Å²) in [5.41, 5.74) is 5.44. The van der Waals surface area contributed by atoms with Crippen LogP contribution in [0.2, 0.25) is 0 Å². The molecule has 0 spiro atoms. The molecular weight excluding hydrogens is 224 g/mol. The van der Waals surface area contributed by atoms with Gasteiger partial charge >= 0.3 is 12.0 Å². The minimum Gasteiger partial charge on any atom is -0.480 e. The Labute approximate surface area is 91.5 Å². The van der Waals surface area contributed by atoms with E-state index in [9.17, 15) is 9.59 Å². The number of aromatic nitrogens is 2. The van der Waals surface area contributed by atoms with E-state index < -0.39 is 18.0 Å². The molecule has 15 heavy (non-hydrogen) atoms. The highest BCUT2D eigenvalue weighted by atomic mass is 35.5. The third-order valence-corrected chi connectivity index (χ3v) is 1.59. The van der Waals surface area contributed by atoms with E-state index in [1.165, 1.54) is 12.5 Å². The van der Waals surface area contributed by atoms with E-state index in [-0.39, 0.29) is 18.8 Å². The van der Waals surface area contributed by atoms with Gasteiger partial charge in [-0.2, -0.15) is 0 Å². The van der Waals surface area contributed by atoms with Crippen LogP contribution in [0.5, 0.6) is 0 Å². The van der Waals surface area contributed by atoms with E-state index in [4.69, 9.17) is 10.8 Å². The van der Waals surface area contributed by atoms with Crippen molar-refractivity contribution in [2.45, 2.75) is 12.5 Å².